The molecule has 5 heterocycles. The van der Waals surface area contributed by atoms with Crippen LogP contribution in [0.15, 0.2) is 186 Å². The number of hydrogen-bond donors (Lipinski definition) is 4. The number of ether oxygens (including phenoxy) is 7. The van der Waals surface area contributed by atoms with Crippen LogP contribution in [0.5, 0.6) is 63.2 Å². The normalized spacial score (nSPS) is 14.0. The number of benzene rings is 8. The highest BCUT2D eigenvalue weighted by Gasteiger charge is 2.33. The van der Waals surface area contributed by atoms with Crippen molar-refractivity contribution in [3.8, 4) is 63.2 Å². The van der Waals surface area contributed by atoms with Crippen molar-refractivity contribution in [3.63, 3.8) is 0 Å². The molecule has 13 rings (SSSR count). The second-order valence-corrected chi connectivity index (χ2v) is 19.3. The zero-order valence-corrected chi connectivity index (χ0v) is 44.9. The van der Waals surface area contributed by atoms with E-state index in [4.69, 9.17) is 73.1 Å². The van der Waals surface area contributed by atoms with Crippen molar-refractivity contribution >= 4 is 53.0 Å². The largest absolute Gasteiger partial charge is 0.496 e. The average molecular weight is 1120 g/mol. The Morgan fingerprint density at radius 1 is 0.298 bits per heavy atom. The fourth-order valence-corrected chi connectivity index (χ4v) is 10.0. The zero-order valence-electron chi connectivity index (χ0n) is 44.9. The number of carbonyl (C=O) groups excluding carboxylic acids is 1. The standard InChI is InChI=1S/C64H46N8O12/c1-78-54-25-43(9-5-34(54)29-74)82-40-13-17-47-51(22-40)63-68-58(47)66-61-50-21-39(81-38-8-4-33(28-73)37(20-38)32-77)12-16-46(50)57(65-61)67-62-52-23-41(83-44-10-6-35(30-75)55(26-44)79-2)14-18-48(52)59(69-62)71-64-53-24-42(15-19-49(53)60(70-63)72-64)84-45-11-7-36(31-76)56(27-45)80-3/h4-27,32,73-76H,28-31H2,1-3H3. The van der Waals surface area contributed by atoms with Gasteiger partial charge in [-0.05, 0) is 127 Å². The van der Waals surface area contributed by atoms with Gasteiger partial charge >= 0.3 is 0 Å². The first-order chi connectivity index (χ1) is 41.1. The molecule has 8 bridgehead atoms. The van der Waals surface area contributed by atoms with Crippen LogP contribution in [0.2, 0.25) is 0 Å². The van der Waals surface area contributed by atoms with Gasteiger partial charge < -0.3 is 53.6 Å². The lowest BCUT2D eigenvalue weighted by atomic mass is 10.1. The molecule has 0 aromatic heterocycles. The van der Waals surface area contributed by atoms with Crippen molar-refractivity contribution in [2.45, 2.75) is 26.4 Å². The first kappa shape index (κ1) is 52.6. The summed E-state index contributed by atoms with van der Waals surface area (Å²) in [7, 11) is 4.56. The molecule has 0 saturated heterocycles. The van der Waals surface area contributed by atoms with Crippen LogP contribution < -0.4 is 33.2 Å². The van der Waals surface area contributed by atoms with E-state index in [2.05, 4.69) is 0 Å². The van der Waals surface area contributed by atoms with Gasteiger partial charge in [0.1, 0.15) is 63.2 Å². The summed E-state index contributed by atoms with van der Waals surface area (Å²) in [6.45, 7) is -0.970. The number of rotatable bonds is 16. The summed E-state index contributed by atoms with van der Waals surface area (Å²) >= 11 is 0. The van der Waals surface area contributed by atoms with Crippen molar-refractivity contribution in [2.75, 3.05) is 21.3 Å². The minimum absolute atomic E-state index is 0.216. The average Bonchev–Trinajstić information content (AvgIpc) is 3.92. The van der Waals surface area contributed by atoms with Crippen molar-refractivity contribution in [1.82, 2.24) is 0 Å². The molecule has 0 fully saturated rings. The summed E-state index contributed by atoms with van der Waals surface area (Å²) in [5.74, 6) is 6.80. The fourth-order valence-electron chi connectivity index (χ4n) is 10.0. The van der Waals surface area contributed by atoms with Crippen molar-refractivity contribution in [1.29, 1.82) is 0 Å². The van der Waals surface area contributed by atoms with Crippen molar-refractivity contribution in [2.24, 2.45) is 39.9 Å². The number of carbonyl (C=O) groups is 1. The summed E-state index contributed by atoms with van der Waals surface area (Å²) in [5.41, 5.74) is 7.10. The monoisotopic (exact) mass is 1120 g/mol. The van der Waals surface area contributed by atoms with E-state index >= 15 is 0 Å². The van der Waals surface area contributed by atoms with Gasteiger partial charge in [0.05, 0.1) is 47.8 Å². The lowest BCUT2D eigenvalue weighted by molar-refractivity contribution is 0.112. The number of hydrogen-bond acceptors (Lipinski definition) is 20. The molecule has 0 spiro atoms. The second kappa shape index (κ2) is 21.9. The topological polar surface area (TPSA) is 261 Å². The predicted molar refractivity (Wildman–Crippen MR) is 313 cm³/mol. The Kier molecular flexibility index (Phi) is 13.7. The maximum atomic E-state index is 12.0. The van der Waals surface area contributed by atoms with Gasteiger partial charge in [0.25, 0.3) is 0 Å². The van der Waals surface area contributed by atoms with E-state index in [0.29, 0.717) is 136 Å². The van der Waals surface area contributed by atoms with Crippen LogP contribution in [0.25, 0.3) is 0 Å². The van der Waals surface area contributed by atoms with Gasteiger partial charge in [-0.1, -0.05) is 6.07 Å². The zero-order chi connectivity index (χ0) is 57.6. The molecule has 20 heteroatoms. The molecule has 8 aromatic rings. The van der Waals surface area contributed by atoms with E-state index in [1.54, 1.807) is 115 Å². The Balaban J connectivity index is 0.983. The number of aliphatic hydroxyl groups is 4. The van der Waals surface area contributed by atoms with Crippen LogP contribution in [0, 0.1) is 0 Å². The number of aliphatic hydroxyl groups excluding tert-OH is 4. The SMILES string of the molecule is COc1cc(Oc2ccc3c(c2)C2=NC4=NC(=NC5=NC(=NC6=NC(=NC3=N2)c2cc(Oc3ccc(CO)c(OC)c3)ccc26)c2cc(Oc3ccc(CO)c(OC)c3)ccc25)c2cc(Oc3ccc(CO)c(C=O)c3)ccc24)ccc1CO. The lowest BCUT2D eigenvalue weighted by Crippen LogP contribution is -2.03. The molecule has 5 aliphatic heterocycles. The predicted octanol–water partition coefficient (Wildman–Crippen LogP) is 9.80. The summed E-state index contributed by atoms with van der Waals surface area (Å²) in [6.07, 6.45) is 0.663. The molecule has 0 saturated carbocycles. The molecule has 414 valence electrons. The molecular formula is C64H46N8O12. The highest BCUT2D eigenvalue weighted by Crippen LogP contribution is 2.39. The number of fused-ring (bicyclic) bond motifs is 16. The number of methoxy groups -OCH3 is 3. The molecule has 4 N–H and O–H groups in total. The molecule has 20 nitrogen and oxygen atoms in total. The number of aldehydes is 1. The summed E-state index contributed by atoms with van der Waals surface area (Å²) in [6, 6.07) is 41.9. The van der Waals surface area contributed by atoms with Gasteiger partial charge in [-0.15, -0.1) is 0 Å². The quantitative estimate of drug-likeness (QED) is 0.0659. The molecule has 0 radical (unpaired) electrons. The van der Waals surface area contributed by atoms with Crippen LogP contribution in [0.4, 0.5) is 0 Å². The Morgan fingerprint density at radius 2 is 0.524 bits per heavy atom. The highest BCUT2D eigenvalue weighted by atomic mass is 16.5. The van der Waals surface area contributed by atoms with Crippen LogP contribution in [0.3, 0.4) is 0 Å². The Hall–Kier alpha value is -10.8. The Bertz CT molecular complexity index is 4300. The summed E-state index contributed by atoms with van der Waals surface area (Å²) in [5, 5.41) is 39.6. The minimum atomic E-state index is -0.318. The molecule has 0 atom stereocenters. The minimum Gasteiger partial charge on any atom is -0.496 e. The van der Waals surface area contributed by atoms with Crippen LogP contribution >= 0.6 is 0 Å². The van der Waals surface area contributed by atoms with E-state index in [0.717, 1.165) is 0 Å². The Morgan fingerprint density at radius 3 is 0.774 bits per heavy atom. The maximum absolute atomic E-state index is 12.0. The molecule has 84 heavy (non-hydrogen) atoms. The molecular weight excluding hydrogens is 1070 g/mol. The lowest BCUT2D eigenvalue weighted by Gasteiger charge is -2.12. The van der Waals surface area contributed by atoms with E-state index < -0.39 is 0 Å². The van der Waals surface area contributed by atoms with Crippen molar-refractivity contribution < 1.29 is 58.4 Å². The highest BCUT2D eigenvalue weighted by molar-refractivity contribution is 6.35. The van der Waals surface area contributed by atoms with Gasteiger partial charge in [0.15, 0.2) is 53.0 Å². The second-order valence-electron chi connectivity index (χ2n) is 19.3. The van der Waals surface area contributed by atoms with Crippen LogP contribution in [-0.4, -0.2) is 94.7 Å². The van der Waals surface area contributed by atoms with E-state index in [1.165, 1.54) is 21.3 Å². The molecule has 0 unspecified atom stereocenters. The van der Waals surface area contributed by atoms with Crippen LogP contribution in [-0.2, 0) is 26.4 Å². The third kappa shape index (κ3) is 9.81. The third-order valence-electron chi connectivity index (χ3n) is 14.2. The van der Waals surface area contributed by atoms with E-state index in [9.17, 15) is 25.2 Å². The van der Waals surface area contributed by atoms with Gasteiger partial charge in [-0.25, -0.2) is 39.9 Å². The fraction of sp³-hybridized carbons (Fsp3) is 0.109. The first-order valence-electron chi connectivity index (χ1n) is 26.2. The van der Waals surface area contributed by atoms with Gasteiger partial charge in [-0.2, -0.15) is 0 Å². The van der Waals surface area contributed by atoms with Crippen LogP contribution in [0.1, 0.15) is 77.1 Å². The molecule has 5 aliphatic rings. The van der Waals surface area contributed by atoms with E-state index in [1.807, 2.05) is 30.3 Å². The van der Waals surface area contributed by atoms with Crippen molar-refractivity contribution in [3.05, 3.63) is 218 Å². The van der Waals surface area contributed by atoms with Gasteiger partial charge in [0.2, 0.25) is 0 Å². The summed E-state index contributed by atoms with van der Waals surface area (Å²) in [4.78, 5) is 53.0. The Labute approximate surface area is 478 Å². The molecule has 0 aliphatic carbocycles. The number of nitrogens with zero attached hydrogens (tertiary/aromatic N) is 8. The van der Waals surface area contributed by atoms with Gasteiger partial charge in [-0.3, -0.25) is 4.79 Å². The van der Waals surface area contributed by atoms with Gasteiger partial charge in [0, 0.05) is 85.0 Å². The smallest absolute Gasteiger partial charge is 0.164 e. The number of aliphatic imine (C=N–C) groups is 8. The number of amidine groups is 8. The summed E-state index contributed by atoms with van der Waals surface area (Å²) < 4.78 is 42.2. The maximum Gasteiger partial charge on any atom is 0.164 e. The molecule has 0 amide bonds. The third-order valence-corrected chi connectivity index (χ3v) is 14.2. The molecule has 8 aromatic carbocycles. The first-order valence-corrected chi connectivity index (χ1v) is 26.2. The van der Waals surface area contributed by atoms with E-state index in [-0.39, 0.29) is 78.7 Å².